The van der Waals surface area contributed by atoms with Gasteiger partial charge in [0.05, 0.1) is 6.61 Å². The number of nitrogens with zero attached hydrogens (tertiary/aromatic N) is 3. The standard InChI is InChI=1S/C26H22BrF3N4O7PS/c27-15-8-16(10-31-9-15)43-26-24(41-42(35,36)37)22(23-20(39-26)12-38-25(40-23)13-4-2-1-3-5-13)34-11-19(32-33-34)14-6-17(28)21(30)18(29)7-14/h1-11,20,22-26,33H,12H2,(H2,35,36,37)/q-1/t20?,22?,23-,24?,25?,26+/m0/s1. The first-order valence-electron chi connectivity index (χ1n) is 12.7. The van der Waals surface area contributed by atoms with Crippen molar-refractivity contribution in [2.45, 2.75) is 41.0 Å². The maximum absolute atomic E-state index is 14.0. The van der Waals surface area contributed by atoms with Gasteiger partial charge in [-0.3, -0.25) is 9.51 Å². The largest absolute Gasteiger partial charge is 0.602 e. The number of hydrogen-bond donors (Lipinski definition) is 3. The number of phosphoric acid groups is 1. The van der Waals surface area contributed by atoms with Crippen LogP contribution in [-0.2, 0) is 23.3 Å². The Morgan fingerprint density at radius 3 is 2.56 bits per heavy atom. The smallest absolute Gasteiger partial charge is 0.470 e. The van der Waals surface area contributed by atoms with Gasteiger partial charge in [-0.25, -0.2) is 17.7 Å². The monoisotopic (exact) mass is 701 g/mol. The second-order valence-corrected chi connectivity index (χ2v) is 12.9. The van der Waals surface area contributed by atoms with E-state index < -0.39 is 61.4 Å². The van der Waals surface area contributed by atoms with Gasteiger partial charge in [-0.1, -0.05) is 42.1 Å². The van der Waals surface area contributed by atoms with Crippen molar-refractivity contribution in [3.05, 3.63) is 106 Å². The topological polar surface area (TPSA) is 137 Å². The Kier molecular flexibility index (Phi) is 8.86. The van der Waals surface area contributed by atoms with Crippen LogP contribution in [0.4, 0.5) is 13.2 Å². The van der Waals surface area contributed by atoms with Gasteiger partial charge < -0.3 is 40.0 Å². The van der Waals surface area contributed by atoms with Crippen LogP contribution in [0.3, 0.4) is 0 Å². The first kappa shape index (κ1) is 30.5. The van der Waals surface area contributed by atoms with E-state index >= 15 is 0 Å². The number of ether oxygens (including phenoxy) is 3. The summed E-state index contributed by atoms with van der Waals surface area (Å²) in [5, 5.41) is 1.36. The average molecular weight is 702 g/mol. The maximum atomic E-state index is 14.0. The SMILES string of the molecule is O=P(O)(O)OC1C(N2C=C(c3cc(F)c(F)c(F)c3)[N-]N2)[C@H]2OC(c3ccccc3)OCC2O[C@@H]1Sc1cncc(Br)c1. The molecule has 3 N–H and O–H groups in total. The highest BCUT2D eigenvalue weighted by Crippen LogP contribution is 2.48. The molecule has 228 valence electrons. The summed E-state index contributed by atoms with van der Waals surface area (Å²) in [5.74, 6) is -4.44. The van der Waals surface area contributed by atoms with Crippen LogP contribution < -0.4 is 5.53 Å². The predicted molar refractivity (Wildman–Crippen MR) is 150 cm³/mol. The van der Waals surface area contributed by atoms with Crippen molar-refractivity contribution < 1.29 is 46.3 Å². The highest BCUT2D eigenvalue weighted by atomic mass is 79.9. The lowest BCUT2D eigenvalue weighted by molar-refractivity contribution is -0.307. The van der Waals surface area contributed by atoms with Gasteiger partial charge in [0, 0.05) is 33.5 Å². The maximum Gasteiger partial charge on any atom is 0.470 e. The van der Waals surface area contributed by atoms with E-state index in [4.69, 9.17) is 18.7 Å². The van der Waals surface area contributed by atoms with E-state index in [-0.39, 0.29) is 17.9 Å². The lowest BCUT2D eigenvalue weighted by Gasteiger charge is -2.52. The van der Waals surface area contributed by atoms with Crippen molar-refractivity contribution >= 4 is 41.2 Å². The van der Waals surface area contributed by atoms with Crippen LogP contribution in [0.5, 0.6) is 0 Å². The molecule has 0 saturated carbocycles. The van der Waals surface area contributed by atoms with E-state index in [0.717, 1.165) is 23.9 Å². The summed E-state index contributed by atoms with van der Waals surface area (Å²) in [6.45, 7) is 0.0487. The highest BCUT2D eigenvalue weighted by molar-refractivity contribution is 9.10. The fourth-order valence-corrected chi connectivity index (χ4v) is 7.20. The number of fused-ring (bicyclic) bond motifs is 1. The van der Waals surface area contributed by atoms with Crippen molar-refractivity contribution in [3.63, 3.8) is 0 Å². The minimum Gasteiger partial charge on any atom is -0.602 e. The van der Waals surface area contributed by atoms with Crippen molar-refractivity contribution in [1.29, 1.82) is 0 Å². The summed E-state index contributed by atoms with van der Waals surface area (Å²) in [6.07, 6.45) is 0.573. The fraction of sp³-hybridized carbons (Fsp3) is 0.269. The number of hydrogen-bond acceptors (Lipinski definition) is 9. The second kappa shape index (κ2) is 12.5. The van der Waals surface area contributed by atoms with Crippen molar-refractivity contribution in [3.8, 4) is 0 Å². The van der Waals surface area contributed by atoms with E-state index in [0.29, 0.717) is 14.9 Å². The lowest BCUT2D eigenvalue weighted by atomic mass is 9.95. The summed E-state index contributed by atoms with van der Waals surface area (Å²) >= 11 is 4.46. The van der Waals surface area contributed by atoms with Crippen LogP contribution in [0.25, 0.3) is 11.1 Å². The van der Waals surface area contributed by atoms with Gasteiger partial charge in [-0.05, 0) is 39.7 Å². The first-order valence-corrected chi connectivity index (χ1v) is 15.9. The zero-order valence-electron chi connectivity index (χ0n) is 21.7. The molecular formula is C26H22BrF3N4O7PS-. The van der Waals surface area contributed by atoms with Crippen LogP contribution in [0.15, 0.2) is 76.5 Å². The summed E-state index contributed by atoms with van der Waals surface area (Å²) in [5.41, 5.74) is 6.43. The zero-order valence-corrected chi connectivity index (χ0v) is 25.0. The van der Waals surface area contributed by atoms with E-state index in [2.05, 4.69) is 31.9 Å². The molecule has 0 amide bonds. The molecule has 2 fully saturated rings. The number of halogens is 4. The Bertz CT molecular complexity index is 1550. The lowest BCUT2D eigenvalue weighted by Crippen LogP contribution is -2.66. The van der Waals surface area contributed by atoms with E-state index in [1.165, 1.54) is 11.2 Å². The Hall–Kier alpha value is -2.50. The van der Waals surface area contributed by atoms with Gasteiger partial charge in [0.2, 0.25) is 0 Å². The molecule has 3 aliphatic rings. The van der Waals surface area contributed by atoms with Gasteiger partial charge in [0.1, 0.15) is 29.8 Å². The minimum atomic E-state index is -5.13. The first-order chi connectivity index (χ1) is 20.6. The molecule has 0 bridgehead atoms. The third-order valence-corrected chi connectivity index (χ3v) is 8.78. The normalized spacial score (nSPS) is 27.4. The third kappa shape index (κ3) is 6.78. The number of aromatic nitrogens is 1. The summed E-state index contributed by atoms with van der Waals surface area (Å²) in [6, 6.07) is 11.3. The van der Waals surface area contributed by atoms with E-state index in [1.807, 2.05) is 6.07 Å². The molecule has 1 aromatic heterocycles. The van der Waals surface area contributed by atoms with Crippen molar-refractivity contribution in [2.75, 3.05) is 6.61 Å². The van der Waals surface area contributed by atoms with Crippen LogP contribution in [-0.4, -0.2) is 56.2 Å². The minimum absolute atomic E-state index is 0.0165. The molecule has 2 aromatic carbocycles. The molecule has 0 aliphatic carbocycles. The molecule has 0 spiro atoms. The number of hydrazine groups is 1. The van der Waals surface area contributed by atoms with Crippen LogP contribution >= 0.6 is 35.5 Å². The summed E-state index contributed by atoms with van der Waals surface area (Å²) in [7, 11) is -5.13. The molecule has 0 radical (unpaired) electrons. The number of nitrogens with one attached hydrogen (secondary N) is 1. The molecule has 43 heavy (non-hydrogen) atoms. The fourth-order valence-electron chi connectivity index (χ4n) is 4.92. The average Bonchev–Trinajstić information content (AvgIpc) is 3.45. The number of thioether (sulfide) groups is 1. The molecule has 11 nitrogen and oxygen atoms in total. The molecule has 2 saturated heterocycles. The predicted octanol–water partition coefficient (Wildman–Crippen LogP) is 5.15. The second-order valence-electron chi connectivity index (χ2n) is 9.61. The molecule has 4 unspecified atom stereocenters. The molecule has 4 heterocycles. The Morgan fingerprint density at radius 2 is 1.86 bits per heavy atom. The van der Waals surface area contributed by atoms with Gasteiger partial charge >= 0.3 is 7.82 Å². The summed E-state index contributed by atoms with van der Waals surface area (Å²) < 4.78 is 78.5. The summed E-state index contributed by atoms with van der Waals surface area (Å²) in [4.78, 5) is 24.6. The Morgan fingerprint density at radius 1 is 1.12 bits per heavy atom. The van der Waals surface area contributed by atoms with Crippen molar-refractivity contribution in [1.82, 2.24) is 15.5 Å². The van der Waals surface area contributed by atoms with Gasteiger partial charge in [0.25, 0.3) is 0 Å². The van der Waals surface area contributed by atoms with Gasteiger partial charge in [0.15, 0.2) is 23.7 Å². The molecular weight excluding hydrogens is 680 g/mol. The van der Waals surface area contributed by atoms with Gasteiger partial charge in [-0.2, -0.15) is 0 Å². The number of rotatable bonds is 7. The van der Waals surface area contributed by atoms with E-state index in [9.17, 15) is 27.5 Å². The molecule has 6 rings (SSSR count). The third-order valence-electron chi connectivity index (χ3n) is 6.72. The highest BCUT2D eigenvalue weighted by Gasteiger charge is 2.54. The zero-order chi connectivity index (χ0) is 30.3. The Labute approximate surface area is 255 Å². The Balaban J connectivity index is 1.39. The molecule has 3 aromatic rings. The number of phosphoric ester groups is 1. The number of benzene rings is 2. The van der Waals surface area contributed by atoms with Crippen LogP contribution in [0.1, 0.15) is 17.4 Å². The van der Waals surface area contributed by atoms with E-state index in [1.54, 1.807) is 42.7 Å². The molecule has 3 aliphatic heterocycles. The van der Waals surface area contributed by atoms with Crippen LogP contribution in [0, 0.1) is 17.5 Å². The van der Waals surface area contributed by atoms with Crippen LogP contribution in [0.2, 0.25) is 0 Å². The van der Waals surface area contributed by atoms with Crippen molar-refractivity contribution in [2.24, 2.45) is 0 Å². The molecule has 6 atom stereocenters. The number of pyridine rings is 1. The quantitative estimate of drug-likeness (QED) is 0.223. The van der Waals surface area contributed by atoms with Gasteiger partial charge in [-0.15, -0.1) is 5.70 Å². The molecule has 17 heteroatoms.